The Labute approximate surface area is 184 Å². The molecule has 3 rings (SSSR count). The molecule has 1 aromatic heterocycles. The molecule has 0 atom stereocenters. The number of rotatable bonds is 6. The first-order chi connectivity index (χ1) is 13.8. The van der Waals surface area contributed by atoms with Gasteiger partial charge in [-0.05, 0) is 43.5 Å². The minimum atomic E-state index is -0.106. The topological polar surface area (TPSA) is 53.5 Å². The summed E-state index contributed by atoms with van der Waals surface area (Å²) in [5.74, 6) is -0.175. The van der Waals surface area contributed by atoms with Crippen LogP contribution in [0.4, 0.5) is 10.8 Å². The van der Waals surface area contributed by atoms with Gasteiger partial charge in [0.1, 0.15) is 4.32 Å². The van der Waals surface area contributed by atoms with Crippen LogP contribution in [-0.4, -0.2) is 32.6 Å². The molecule has 8 heteroatoms. The lowest BCUT2D eigenvalue weighted by Gasteiger charge is -2.21. The van der Waals surface area contributed by atoms with Gasteiger partial charge in [-0.1, -0.05) is 49.5 Å². The molecule has 1 aliphatic heterocycles. The molecular formula is C21H23N3O2S3. The van der Waals surface area contributed by atoms with Gasteiger partial charge in [-0.2, -0.15) is 0 Å². The van der Waals surface area contributed by atoms with E-state index in [9.17, 15) is 9.59 Å². The van der Waals surface area contributed by atoms with Gasteiger partial charge < -0.3 is 0 Å². The molecule has 2 aromatic rings. The average Bonchev–Trinajstić information content (AvgIpc) is 3.22. The number of thioether (sulfide) groups is 1. The third-order valence-corrected chi connectivity index (χ3v) is 6.94. The molecule has 0 unspecified atom stereocenters. The highest BCUT2D eigenvalue weighted by atomic mass is 32.2. The van der Waals surface area contributed by atoms with Gasteiger partial charge >= 0.3 is 0 Å². The summed E-state index contributed by atoms with van der Waals surface area (Å²) >= 11 is 8.03. The molecule has 0 saturated carbocycles. The van der Waals surface area contributed by atoms with E-state index in [1.807, 2.05) is 37.4 Å². The van der Waals surface area contributed by atoms with Crippen LogP contribution in [-0.2, 0) is 9.59 Å². The van der Waals surface area contributed by atoms with E-state index in [0.29, 0.717) is 26.6 Å². The molecule has 1 fully saturated rings. The number of nitrogens with zero attached hydrogens (tertiary/aromatic N) is 3. The van der Waals surface area contributed by atoms with Crippen molar-refractivity contribution >= 4 is 68.3 Å². The third-order valence-electron chi connectivity index (χ3n) is 4.72. The summed E-state index contributed by atoms with van der Waals surface area (Å²) in [6, 6.07) is 5.87. The van der Waals surface area contributed by atoms with Crippen molar-refractivity contribution in [1.82, 2.24) is 9.88 Å². The Morgan fingerprint density at radius 3 is 2.79 bits per heavy atom. The quantitative estimate of drug-likeness (QED) is 0.437. The van der Waals surface area contributed by atoms with Gasteiger partial charge in [-0.15, -0.1) is 11.3 Å². The number of thiocarbonyl (C=S) groups is 1. The van der Waals surface area contributed by atoms with Crippen molar-refractivity contribution in [3.63, 3.8) is 0 Å². The standard InChI is InChI=1S/C21H23N3O2S3/c1-5-6-10-23-19(26)18(29-21(23)27)11-16-12-28-20(22-16)24(15(4)25)17-9-7-8-13(2)14(17)3/h7-9,11-12H,5-6,10H2,1-4H3/b18-11+. The summed E-state index contributed by atoms with van der Waals surface area (Å²) in [6.07, 6.45) is 3.68. The maximum Gasteiger partial charge on any atom is 0.266 e. The fraction of sp³-hybridized carbons (Fsp3) is 0.333. The van der Waals surface area contributed by atoms with Crippen molar-refractivity contribution < 1.29 is 9.59 Å². The summed E-state index contributed by atoms with van der Waals surface area (Å²) in [5.41, 5.74) is 3.62. The van der Waals surface area contributed by atoms with Gasteiger partial charge in [0.25, 0.3) is 5.91 Å². The molecule has 1 aromatic carbocycles. The fourth-order valence-electron chi connectivity index (χ4n) is 2.97. The van der Waals surface area contributed by atoms with E-state index in [4.69, 9.17) is 12.2 Å². The van der Waals surface area contributed by atoms with Gasteiger partial charge in [0.2, 0.25) is 5.91 Å². The first-order valence-electron chi connectivity index (χ1n) is 9.41. The van der Waals surface area contributed by atoms with Crippen molar-refractivity contribution in [1.29, 1.82) is 0 Å². The summed E-state index contributed by atoms with van der Waals surface area (Å²) in [6.45, 7) is 8.27. The van der Waals surface area contributed by atoms with Crippen molar-refractivity contribution in [2.45, 2.75) is 40.5 Å². The number of hydrogen-bond donors (Lipinski definition) is 0. The van der Waals surface area contributed by atoms with Crippen molar-refractivity contribution in [3.05, 3.63) is 45.3 Å². The second kappa shape index (κ2) is 9.19. The minimum Gasteiger partial charge on any atom is -0.293 e. The highest BCUT2D eigenvalue weighted by molar-refractivity contribution is 8.26. The van der Waals surface area contributed by atoms with Gasteiger partial charge in [0, 0.05) is 18.8 Å². The predicted octanol–water partition coefficient (Wildman–Crippen LogP) is 5.45. The predicted molar refractivity (Wildman–Crippen MR) is 126 cm³/mol. The first kappa shape index (κ1) is 21.7. The second-order valence-electron chi connectivity index (χ2n) is 6.82. The molecule has 0 spiro atoms. The van der Waals surface area contributed by atoms with E-state index >= 15 is 0 Å². The van der Waals surface area contributed by atoms with Crippen LogP contribution in [0.1, 0.15) is 43.5 Å². The maximum atomic E-state index is 12.6. The SMILES string of the molecule is CCCCN1C(=O)/C(=C\c2csc(N(C(C)=O)c3cccc(C)c3C)n2)SC1=S. The zero-order chi connectivity index (χ0) is 21.1. The minimum absolute atomic E-state index is 0.0686. The van der Waals surface area contributed by atoms with E-state index in [2.05, 4.69) is 11.9 Å². The number of carbonyl (C=O) groups excluding carboxylic acids is 2. The number of aryl methyl sites for hydroxylation is 1. The van der Waals surface area contributed by atoms with Gasteiger partial charge in [-0.3, -0.25) is 19.4 Å². The Hall–Kier alpha value is -2.03. The molecule has 0 radical (unpaired) electrons. The highest BCUT2D eigenvalue weighted by Crippen LogP contribution is 2.35. The average molecular weight is 446 g/mol. The molecule has 0 N–H and O–H groups in total. The van der Waals surface area contributed by atoms with E-state index in [-0.39, 0.29) is 11.8 Å². The van der Waals surface area contributed by atoms with E-state index in [1.54, 1.807) is 15.9 Å². The number of aromatic nitrogens is 1. The lowest BCUT2D eigenvalue weighted by molar-refractivity contribution is -0.122. The van der Waals surface area contributed by atoms with E-state index in [1.165, 1.54) is 30.0 Å². The van der Waals surface area contributed by atoms with Crippen LogP contribution in [0.3, 0.4) is 0 Å². The van der Waals surface area contributed by atoms with Crippen molar-refractivity contribution in [2.75, 3.05) is 11.4 Å². The number of carbonyl (C=O) groups is 2. The lowest BCUT2D eigenvalue weighted by atomic mass is 10.1. The second-order valence-corrected chi connectivity index (χ2v) is 9.33. The Morgan fingerprint density at radius 2 is 2.10 bits per heavy atom. The van der Waals surface area contributed by atoms with Crippen molar-refractivity contribution in [3.8, 4) is 0 Å². The molecule has 5 nitrogen and oxygen atoms in total. The third kappa shape index (κ3) is 4.60. The number of unbranched alkanes of at least 4 members (excludes halogenated alkanes) is 1. The molecule has 0 aliphatic carbocycles. The number of amides is 2. The molecule has 2 heterocycles. The van der Waals surface area contributed by atoms with E-state index < -0.39 is 0 Å². The molecule has 2 amide bonds. The summed E-state index contributed by atoms with van der Waals surface area (Å²) < 4.78 is 0.589. The van der Waals surface area contributed by atoms with Crippen LogP contribution < -0.4 is 4.90 Å². The van der Waals surface area contributed by atoms with Crippen molar-refractivity contribution in [2.24, 2.45) is 0 Å². The summed E-state index contributed by atoms with van der Waals surface area (Å²) in [4.78, 5) is 33.5. The Balaban J connectivity index is 1.89. The Bertz CT molecular complexity index is 997. The highest BCUT2D eigenvalue weighted by Gasteiger charge is 2.31. The van der Waals surface area contributed by atoms with E-state index in [0.717, 1.165) is 29.7 Å². The van der Waals surface area contributed by atoms with Gasteiger partial charge in [-0.25, -0.2) is 4.98 Å². The van der Waals surface area contributed by atoms with Crippen LogP contribution >= 0.6 is 35.3 Å². The monoisotopic (exact) mass is 445 g/mol. The maximum absolute atomic E-state index is 12.6. The summed E-state index contributed by atoms with van der Waals surface area (Å²) in [7, 11) is 0. The Morgan fingerprint density at radius 1 is 1.34 bits per heavy atom. The van der Waals surface area contributed by atoms with Gasteiger partial charge in [0.05, 0.1) is 16.3 Å². The Kier molecular flexibility index (Phi) is 6.87. The fourth-order valence-corrected chi connectivity index (χ4v) is 5.10. The number of thiazole rings is 1. The smallest absolute Gasteiger partial charge is 0.266 e. The lowest BCUT2D eigenvalue weighted by Crippen LogP contribution is -2.28. The molecular weight excluding hydrogens is 422 g/mol. The van der Waals surface area contributed by atoms with Crippen LogP contribution in [0.5, 0.6) is 0 Å². The normalized spacial score (nSPS) is 15.4. The largest absolute Gasteiger partial charge is 0.293 e. The molecule has 152 valence electrons. The number of anilines is 2. The summed E-state index contributed by atoms with van der Waals surface area (Å²) in [5, 5.41) is 2.44. The van der Waals surface area contributed by atoms with Crippen LogP contribution in [0.15, 0.2) is 28.5 Å². The zero-order valence-electron chi connectivity index (χ0n) is 16.9. The molecule has 1 aliphatic rings. The van der Waals surface area contributed by atoms with Gasteiger partial charge in [0.15, 0.2) is 5.13 Å². The van der Waals surface area contributed by atoms with Crippen LogP contribution in [0, 0.1) is 13.8 Å². The molecule has 29 heavy (non-hydrogen) atoms. The van der Waals surface area contributed by atoms with Crippen LogP contribution in [0.25, 0.3) is 6.08 Å². The molecule has 1 saturated heterocycles. The zero-order valence-corrected chi connectivity index (χ0v) is 19.3. The first-order valence-corrected chi connectivity index (χ1v) is 11.5. The number of hydrogen-bond acceptors (Lipinski definition) is 6. The number of benzene rings is 1. The van der Waals surface area contributed by atoms with Crippen LogP contribution in [0.2, 0.25) is 0 Å². The molecule has 0 bridgehead atoms.